The maximum atomic E-state index is 12.5. The van der Waals surface area contributed by atoms with E-state index in [1.165, 1.54) is 11.8 Å². The molecule has 2 N–H and O–H groups in total. The van der Waals surface area contributed by atoms with Gasteiger partial charge in [0.25, 0.3) is 0 Å². The number of aliphatic imine (C=N–C) groups is 1. The molecule has 0 atom stereocenters. The van der Waals surface area contributed by atoms with Crippen molar-refractivity contribution in [2.75, 3.05) is 10.6 Å². The molecular weight excluding hydrogens is 444 g/mol. The van der Waals surface area contributed by atoms with Crippen LogP contribution in [0.25, 0.3) is 0 Å². The van der Waals surface area contributed by atoms with Gasteiger partial charge in [-0.15, -0.1) is 0 Å². The topological polar surface area (TPSA) is 79.6 Å². The molecule has 7 heteroatoms. The summed E-state index contributed by atoms with van der Waals surface area (Å²) < 4.78 is 0. The van der Waals surface area contributed by atoms with E-state index in [0.29, 0.717) is 17.1 Å². The van der Waals surface area contributed by atoms with Gasteiger partial charge in [0, 0.05) is 16.3 Å². The largest absolute Gasteiger partial charge is 0.341 e. The molecule has 0 aromatic heterocycles. The summed E-state index contributed by atoms with van der Waals surface area (Å²) in [5.41, 5.74) is 1.89. The minimum Gasteiger partial charge on any atom is -0.336 e. The molecule has 34 heavy (non-hydrogen) atoms. The normalized spacial score (nSPS) is 10.9. The second-order valence-electron chi connectivity index (χ2n) is 7.13. The van der Waals surface area contributed by atoms with Crippen molar-refractivity contribution < 1.29 is 4.92 Å². The summed E-state index contributed by atoms with van der Waals surface area (Å²) in [6.07, 6.45) is 0. The SMILES string of the molecule is O=[N+]([O-])C(C(=Nc1ccccc1)Sc1ccccc1)=C(Nc1ccccc1)Nc1ccccc1. The van der Waals surface area contributed by atoms with E-state index in [1.807, 2.05) is 121 Å². The lowest BCUT2D eigenvalue weighted by Crippen LogP contribution is -2.21. The highest BCUT2D eigenvalue weighted by Crippen LogP contribution is 2.29. The monoisotopic (exact) mass is 466 g/mol. The van der Waals surface area contributed by atoms with Gasteiger partial charge >= 0.3 is 5.70 Å². The van der Waals surface area contributed by atoms with Gasteiger partial charge in [0.05, 0.1) is 10.6 Å². The molecule has 0 heterocycles. The number of nitro groups is 1. The Kier molecular flexibility index (Phi) is 7.71. The summed E-state index contributed by atoms with van der Waals surface area (Å²) in [5.74, 6) is 0.223. The van der Waals surface area contributed by atoms with Crippen LogP contribution >= 0.6 is 11.8 Å². The number of hydrogen-bond donors (Lipinski definition) is 2. The van der Waals surface area contributed by atoms with Gasteiger partial charge < -0.3 is 10.6 Å². The van der Waals surface area contributed by atoms with Crippen molar-refractivity contribution in [3.63, 3.8) is 0 Å². The average Bonchev–Trinajstić information content (AvgIpc) is 2.86. The summed E-state index contributed by atoms with van der Waals surface area (Å²) in [6.45, 7) is 0. The van der Waals surface area contributed by atoms with Crippen LogP contribution in [0.3, 0.4) is 0 Å². The van der Waals surface area contributed by atoms with Gasteiger partial charge in [-0.1, -0.05) is 84.6 Å². The van der Waals surface area contributed by atoms with Crippen molar-refractivity contribution in [1.29, 1.82) is 0 Å². The summed E-state index contributed by atoms with van der Waals surface area (Å²) in [7, 11) is 0. The van der Waals surface area contributed by atoms with E-state index < -0.39 is 4.92 Å². The van der Waals surface area contributed by atoms with Crippen LogP contribution in [0.1, 0.15) is 0 Å². The molecule has 0 fully saturated rings. The zero-order valence-corrected chi connectivity index (χ0v) is 19.0. The molecule has 0 saturated heterocycles. The third kappa shape index (κ3) is 6.34. The van der Waals surface area contributed by atoms with Crippen molar-refractivity contribution in [3.05, 3.63) is 143 Å². The molecule has 6 nitrogen and oxygen atoms in total. The van der Waals surface area contributed by atoms with Crippen molar-refractivity contribution in [1.82, 2.24) is 0 Å². The van der Waals surface area contributed by atoms with Gasteiger partial charge in [-0.25, -0.2) is 4.99 Å². The van der Waals surface area contributed by atoms with Gasteiger partial charge in [-0.05, 0) is 48.5 Å². The molecule has 0 saturated carbocycles. The Morgan fingerprint density at radius 1 is 0.676 bits per heavy atom. The van der Waals surface area contributed by atoms with Crippen LogP contribution in [0, 0.1) is 10.1 Å². The van der Waals surface area contributed by atoms with Crippen LogP contribution in [-0.4, -0.2) is 9.97 Å². The molecule has 4 aromatic rings. The standard InChI is InChI=1S/C27H22N4O2S/c32-31(33)25(26(28-21-13-5-1-6-14-21)29-22-15-7-2-8-16-22)27(30-23-17-9-3-10-18-23)34-24-19-11-4-12-20-24/h1-20,28-29H. The van der Waals surface area contributed by atoms with Gasteiger partial charge in [-0.3, -0.25) is 10.1 Å². The van der Waals surface area contributed by atoms with Crippen LogP contribution in [0.2, 0.25) is 0 Å². The number of rotatable bonds is 8. The lowest BCUT2D eigenvalue weighted by Gasteiger charge is -2.15. The summed E-state index contributed by atoms with van der Waals surface area (Å²) in [5, 5.41) is 19.2. The van der Waals surface area contributed by atoms with Crippen LogP contribution in [0.4, 0.5) is 17.1 Å². The minimum atomic E-state index is -0.404. The number of para-hydroxylation sites is 3. The Hall–Kier alpha value is -4.36. The van der Waals surface area contributed by atoms with Gasteiger partial charge in [-0.2, -0.15) is 0 Å². The quantitative estimate of drug-likeness (QED) is 0.0945. The Morgan fingerprint density at radius 3 is 1.59 bits per heavy atom. The third-order valence-electron chi connectivity index (χ3n) is 4.65. The smallest absolute Gasteiger partial charge is 0.336 e. The van der Waals surface area contributed by atoms with E-state index in [4.69, 9.17) is 0 Å². The minimum absolute atomic E-state index is 0.162. The van der Waals surface area contributed by atoms with Crippen LogP contribution < -0.4 is 10.6 Å². The van der Waals surface area contributed by atoms with E-state index in [2.05, 4.69) is 15.6 Å². The fourth-order valence-electron chi connectivity index (χ4n) is 3.10. The molecule has 0 amide bonds. The highest BCUT2D eigenvalue weighted by Gasteiger charge is 2.28. The number of anilines is 2. The maximum absolute atomic E-state index is 12.5. The molecule has 0 radical (unpaired) electrons. The fraction of sp³-hybridized carbons (Fsp3) is 0. The van der Waals surface area contributed by atoms with Crippen LogP contribution in [0.5, 0.6) is 0 Å². The summed E-state index contributed by atoms with van der Waals surface area (Å²) >= 11 is 1.24. The molecule has 0 aliphatic carbocycles. The molecular formula is C27H22N4O2S. The first-order valence-corrected chi connectivity index (χ1v) is 11.4. The number of benzene rings is 4. The predicted molar refractivity (Wildman–Crippen MR) is 140 cm³/mol. The van der Waals surface area contributed by atoms with Gasteiger partial charge in [0.15, 0.2) is 10.9 Å². The van der Waals surface area contributed by atoms with Crippen LogP contribution in [-0.2, 0) is 0 Å². The lowest BCUT2D eigenvalue weighted by atomic mass is 10.3. The van der Waals surface area contributed by atoms with E-state index in [-0.39, 0.29) is 16.6 Å². The second kappa shape index (κ2) is 11.5. The zero-order chi connectivity index (χ0) is 23.6. The van der Waals surface area contributed by atoms with Crippen molar-refractivity contribution in [2.24, 2.45) is 4.99 Å². The Labute approximate surface area is 202 Å². The Balaban J connectivity index is 1.87. The number of thioether (sulfide) groups is 1. The summed E-state index contributed by atoms with van der Waals surface area (Å²) in [6, 6.07) is 37.4. The molecule has 0 spiro atoms. The molecule has 4 aromatic carbocycles. The van der Waals surface area contributed by atoms with Crippen LogP contribution in [0.15, 0.2) is 143 Å². The van der Waals surface area contributed by atoms with E-state index in [1.54, 1.807) is 0 Å². The fourth-order valence-corrected chi connectivity index (χ4v) is 4.04. The third-order valence-corrected chi connectivity index (χ3v) is 5.64. The number of nitrogens with zero attached hydrogens (tertiary/aromatic N) is 2. The first-order valence-electron chi connectivity index (χ1n) is 10.6. The van der Waals surface area contributed by atoms with E-state index in [0.717, 1.165) is 4.90 Å². The Morgan fingerprint density at radius 2 is 1.12 bits per heavy atom. The predicted octanol–water partition coefficient (Wildman–Crippen LogP) is 7.18. The van der Waals surface area contributed by atoms with Crippen molar-refractivity contribution >= 4 is 33.9 Å². The van der Waals surface area contributed by atoms with Crippen molar-refractivity contribution in [2.45, 2.75) is 4.90 Å². The maximum Gasteiger partial charge on any atom is 0.341 e. The zero-order valence-electron chi connectivity index (χ0n) is 18.2. The summed E-state index contributed by atoms with van der Waals surface area (Å²) in [4.78, 5) is 17.6. The van der Waals surface area contributed by atoms with E-state index in [9.17, 15) is 10.1 Å². The Bertz CT molecular complexity index is 1240. The first kappa shape index (κ1) is 22.8. The molecule has 4 rings (SSSR count). The molecule has 0 aliphatic rings. The highest BCUT2D eigenvalue weighted by atomic mass is 32.2. The molecule has 0 aliphatic heterocycles. The van der Waals surface area contributed by atoms with Gasteiger partial charge in [0.1, 0.15) is 0 Å². The first-order chi connectivity index (χ1) is 16.7. The number of nitrogens with one attached hydrogen (secondary N) is 2. The molecule has 0 bridgehead atoms. The molecule has 0 unspecified atom stereocenters. The average molecular weight is 467 g/mol. The van der Waals surface area contributed by atoms with Gasteiger partial charge in [0.2, 0.25) is 0 Å². The molecule has 168 valence electrons. The second-order valence-corrected chi connectivity index (χ2v) is 8.19. The lowest BCUT2D eigenvalue weighted by molar-refractivity contribution is -0.415. The highest BCUT2D eigenvalue weighted by molar-refractivity contribution is 8.14. The van der Waals surface area contributed by atoms with Crippen molar-refractivity contribution in [3.8, 4) is 0 Å². The number of hydrogen-bond acceptors (Lipinski definition) is 6. The van der Waals surface area contributed by atoms with E-state index >= 15 is 0 Å².